The lowest BCUT2D eigenvalue weighted by atomic mass is 10.1. The first-order valence-corrected chi connectivity index (χ1v) is 6.65. The lowest BCUT2D eigenvalue weighted by molar-refractivity contribution is -0.143. The first-order valence-electron chi connectivity index (χ1n) is 5.90. The number of benzene rings is 1. The molecule has 1 aliphatic heterocycles. The van der Waals surface area contributed by atoms with Crippen LogP contribution in [-0.4, -0.2) is 24.0 Å². The average Bonchev–Trinajstić information content (AvgIpc) is 2.63. The Hall–Kier alpha value is -1.26. The number of rotatable bonds is 3. The summed E-state index contributed by atoms with van der Waals surface area (Å²) in [5.74, 6) is -0.697. The molecule has 1 N–H and O–H groups in total. The van der Waals surface area contributed by atoms with E-state index in [-0.39, 0.29) is 18.4 Å². The lowest BCUT2D eigenvalue weighted by Gasteiger charge is -2.10. The average molecular weight is 302 g/mol. The molecule has 1 aromatic rings. The van der Waals surface area contributed by atoms with Crippen LogP contribution in [0.25, 0.3) is 0 Å². The van der Waals surface area contributed by atoms with Gasteiger partial charge in [0, 0.05) is 16.5 Å². The Morgan fingerprint density at radius 1 is 1.42 bits per heavy atom. The van der Waals surface area contributed by atoms with Crippen LogP contribution in [0.3, 0.4) is 0 Å². The normalized spacial score (nSPS) is 22.2. The molecule has 0 spiro atoms. The van der Waals surface area contributed by atoms with Gasteiger partial charge in [0.1, 0.15) is 12.1 Å². The second kappa shape index (κ2) is 5.80. The van der Waals surface area contributed by atoms with E-state index in [1.165, 1.54) is 0 Å². The Kier molecular flexibility index (Phi) is 4.32. The van der Waals surface area contributed by atoms with Gasteiger partial charge in [0.05, 0.1) is 6.42 Å². The van der Waals surface area contributed by atoms with Gasteiger partial charge >= 0.3 is 5.97 Å². The minimum Gasteiger partial charge on any atom is -0.461 e. The third-order valence-corrected chi connectivity index (χ3v) is 3.61. The summed E-state index contributed by atoms with van der Waals surface area (Å²) >= 11 is 12.0. The number of hydrogen-bond acceptors (Lipinski definition) is 3. The molecule has 1 heterocycles. The third kappa shape index (κ3) is 3.39. The van der Waals surface area contributed by atoms with Crippen LogP contribution >= 0.6 is 23.2 Å². The molecular formula is C13H13Cl2NO3. The molecule has 1 aromatic carbocycles. The highest BCUT2D eigenvalue weighted by molar-refractivity contribution is 6.36. The van der Waals surface area contributed by atoms with Crippen molar-refractivity contribution in [2.45, 2.75) is 31.9 Å². The molecule has 6 heteroatoms. The van der Waals surface area contributed by atoms with Crippen LogP contribution in [0.1, 0.15) is 18.9 Å². The third-order valence-electron chi connectivity index (χ3n) is 2.90. The van der Waals surface area contributed by atoms with Crippen molar-refractivity contribution >= 4 is 35.1 Å². The highest BCUT2D eigenvalue weighted by atomic mass is 35.5. The van der Waals surface area contributed by atoms with Gasteiger partial charge in [0.15, 0.2) is 0 Å². The highest BCUT2D eigenvalue weighted by Gasteiger charge is 2.32. The van der Waals surface area contributed by atoms with Crippen molar-refractivity contribution in [1.82, 2.24) is 5.32 Å². The van der Waals surface area contributed by atoms with Crippen molar-refractivity contribution in [2.24, 2.45) is 0 Å². The Labute approximate surface area is 121 Å². The summed E-state index contributed by atoms with van der Waals surface area (Å²) in [6.45, 7) is 1.79. The van der Waals surface area contributed by atoms with E-state index < -0.39 is 12.0 Å². The van der Waals surface area contributed by atoms with Crippen molar-refractivity contribution in [2.75, 3.05) is 0 Å². The fourth-order valence-electron chi connectivity index (χ4n) is 1.98. The van der Waals surface area contributed by atoms with Crippen molar-refractivity contribution in [3.05, 3.63) is 33.8 Å². The zero-order chi connectivity index (χ0) is 14.0. The van der Waals surface area contributed by atoms with Gasteiger partial charge in [0.25, 0.3) is 0 Å². The van der Waals surface area contributed by atoms with Gasteiger partial charge in [-0.15, -0.1) is 0 Å². The lowest BCUT2D eigenvalue weighted by Crippen LogP contribution is -2.38. The summed E-state index contributed by atoms with van der Waals surface area (Å²) in [4.78, 5) is 23.3. The van der Waals surface area contributed by atoms with E-state index in [1.54, 1.807) is 25.1 Å². The maximum Gasteiger partial charge on any atom is 0.329 e. The molecule has 19 heavy (non-hydrogen) atoms. The van der Waals surface area contributed by atoms with Crippen LogP contribution in [-0.2, 0) is 20.7 Å². The number of nitrogens with one attached hydrogen (secondary N) is 1. The molecule has 1 aliphatic rings. The number of amides is 1. The Morgan fingerprint density at radius 3 is 2.58 bits per heavy atom. The molecule has 1 amide bonds. The maximum atomic E-state index is 11.9. The molecule has 1 saturated heterocycles. The van der Waals surface area contributed by atoms with Gasteiger partial charge < -0.3 is 10.1 Å². The van der Waals surface area contributed by atoms with E-state index in [2.05, 4.69) is 5.32 Å². The molecule has 0 aromatic heterocycles. The SMILES string of the molecule is C[C@H]1C[C@H](NC(=O)Cc2c(Cl)cccc2Cl)C(=O)O1. The summed E-state index contributed by atoms with van der Waals surface area (Å²) in [6.07, 6.45) is 0.360. The van der Waals surface area contributed by atoms with Gasteiger partial charge in [-0.3, -0.25) is 4.79 Å². The van der Waals surface area contributed by atoms with Crippen molar-refractivity contribution in [3.63, 3.8) is 0 Å². The number of ether oxygens (including phenoxy) is 1. The fraction of sp³-hybridized carbons (Fsp3) is 0.385. The molecule has 4 nitrogen and oxygen atoms in total. The molecule has 0 bridgehead atoms. The van der Waals surface area contributed by atoms with Crippen LogP contribution in [0.5, 0.6) is 0 Å². The van der Waals surface area contributed by atoms with Crippen molar-refractivity contribution in [3.8, 4) is 0 Å². The topological polar surface area (TPSA) is 55.4 Å². The molecule has 2 atom stereocenters. The van der Waals surface area contributed by atoms with E-state index in [9.17, 15) is 9.59 Å². The van der Waals surface area contributed by atoms with E-state index in [0.717, 1.165) is 0 Å². The fourth-order valence-corrected chi connectivity index (χ4v) is 2.51. The van der Waals surface area contributed by atoms with E-state index in [4.69, 9.17) is 27.9 Å². The second-order valence-electron chi connectivity index (χ2n) is 4.48. The van der Waals surface area contributed by atoms with Gasteiger partial charge in [-0.1, -0.05) is 29.3 Å². The summed E-state index contributed by atoms with van der Waals surface area (Å²) in [5.41, 5.74) is 0.558. The van der Waals surface area contributed by atoms with E-state index in [1.807, 2.05) is 0 Å². The number of carbonyl (C=O) groups is 2. The summed E-state index contributed by atoms with van der Waals surface area (Å²) in [6, 6.07) is 4.47. The standard InChI is InChI=1S/C13H13Cl2NO3/c1-7-5-11(13(18)19-7)16-12(17)6-8-9(14)3-2-4-10(8)15/h2-4,7,11H,5-6H2,1H3,(H,16,17)/t7-,11-/m0/s1. The second-order valence-corrected chi connectivity index (χ2v) is 5.29. The smallest absolute Gasteiger partial charge is 0.329 e. The number of esters is 1. The molecular weight excluding hydrogens is 289 g/mol. The summed E-state index contributed by atoms with van der Waals surface area (Å²) < 4.78 is 4.97. The maximum absolute atomic E-state index is 11.9. The first kappa shape index (κ1) is 14.2. The highest BCUT2D eigenvalue weighted by Crippen LogP contribution is 2.24. The number of carbonyl (C=O) groups excluding carboxylic acids is 2. The Bertz CT molecular complexity index is 498. The molecule has 102 valence electrons. The van der Waals surface area contributed by atoms with Gasteiger partial charge in [-0.2, -0.15) is 0 Å². The summed E-state index contributed by atoms with van der Waals surface area (Å²) in [5, 5.41) is 3.50. The minimum atomic E-state index is -0.580. The molecule has 2 rings (SSSR count). The van der Waals surface area contributed by atoms with Gasteiger partial charge in [-0.25, -0.2) is 4.79 Å². The number of halogens is 2. The van der Waals surface area contributed by atoms with Crippen LogP contribution in [0.2, 0.25) is 10.0 Å². The predicted octanol–water partition coefficient (Wildman–Crippen LogP) is 2.36. The quantitative estimate of drug-likeness (QED) is 0.872. The zero-order valence-corrected chi connectivity index (χ0v) is 11.8. The van der Waals surface area contributed by atoms with Gasteiger partial charge in [-0.05, 0) is 24.6 Å². The first-order chi connectivity index (χ1) is 8.97. The Balaban J connectivity index is 2.00. The van der Waals surface area contributed by atoms with Crippen molar-refractivity contribution in [1.29, 1.82) is 0 Å². The molecule has 0 radical (unpaired) electrons. The van der Waals surface area contributed by atoms with E-state index >= 15 is 0 Å². The van der Waals surface area contributed by atoms with Crippen LogP contribution in [0, 0.1) is 0 Å². The zero-order valence-electron chi connectivity index (χ0n) is 10.3. The largest absolute Gasteiger partial charge is 0.461 e. The number of hydrogen-bond donors (Lipinski definition) is 1. The Morgan fingerprint density at radius 2 is 2.05 bits per heavy atom. The monoisotopic (exact) mass is 301 g/mol. The molecule has 1 fully saturated rings. The predicted molar refractivity (Wildman–Crippen MR) is 72.3 cm³/mol. The minimum absolute atomic E-state index is 0.0384. The number of cyclic esters (lactones) is 1. The molecule has 0 unspecified atom stereocenters. The van der Waals surface area contributed by atoms with Gasteiger partial charge in [0.2, 0.25) is 5.91 Å². The molecule has 0 saturated carbocycles. The van der Waals surface area contributed by atoms with Crippen LogP contribution < -0.4 is 5.32 Å². The van der Waals surface area contributed by atoms with Crippen LogP contribution in [0.15, 0.2) is 18.2 Å². The summed E-state index contributed by atoms with van der Waals surface area (Å²) in [7, 11) is 0. The van der Waals surface area contributed by atoms with E-state index in [0.29, 0.717) is 22.0 Å². The van der Waals surface area contributed by atoms with Crippen molar-refractivity contribution < 1.29 is 14.3 Å². The van der Waals surface area contributed by atoms with Crippen LogP contribution in [0.4, 0.5) is 0 Å². The molecule has 0 aliphatic carbocycles.